The summed E-state index contributed by atoms with van der Waals surface area (Å²) in [6.07, 6.45) is 0.728. The number of aryl methyl sites for hydroxylation is 2. The second-order valence-electron chi connectivity index (χ2n) is 8.70. The van der Waals surface area contributed by atoms with Crippen molar-refractivity contribution in [3.05, 3.63) is 65.0 Å². The van der Waals surface area contributed by atoms with Crippen molar-refractivity contribution in [2.75, 3.05) is 31.5 Å². The molecule has 0 aromatic heterocycles. The van der Waals surface area contributed by atoms with Crippen molar-refractivity contribution in [3.8, 4) is 0 Å². The third kappa shape index (κ3) is 7.25. The van der Waals surface area contributed by atoms with E-state index in [1.54, 1.807) is 26.0 Å². The Hall–Kier alpha value is -2.98. The van der Waals surface area contributed by atoms with Gasteiger partial charge in [-0.1, -0.05) is 31.2 Å². The summed E-state index contributed by atoms with van der Waals surface area (Å²) in [5.41, 5.74) is 2.53. The van der Waals surface area contributed by atoms with Crippen molar-refractivity contribution < 1.29 is 22.4 Å². The van der Waals surface area contributed by atoms with Crippen molar-refractivity contribution >= 4 is 27.7 Å². The van der Waals surface area contributed by atoms with E-state index in [1.807, 2.05) is 19.9 Å². The average molecular weight is 507 g/mol. The molecule has 10 heteroatoms. The zero-order chi connectivity index (χ0) is 26.3. The molecular weight excluding hydrogens is 471 g/mol. The first-order valence-electron chi connectivity index (χ1n) is 11.5. The number of amides is 2. The maximum atomic E-state index is 13.6. The van der Waals surface area contributed by atoms with E-state index in [2.05, 4.69) is 5.32 Å². The van der Waals surface area contributed by atoms with Crippen LogP contribution in [0.1, 0.15) is 37.0 Å². The number of nitrogens with zero attached hydrogens (tertiary/aromatic N) is 3. The molecule has 0 aliphatic carbocycles. The number of hydrogen-bond donors (Lipinski definition) is 1. The van der Waals surface area contributed by atoms with Crippen molar-refractivity contribution in [1.82, 2.24) is 14.5 Å². The van der Waals surface area contributed by atoms with Gasteiger partial charge in [-0.05, 0) is 62.1 Å². The van der Waals surface area contributed by atoms with E-state index in [0.29, 0.717) is 23.4 Å². The number of carbonyl (C=O) groups excluding carboxylic acids is 2. The lowest BCUT2D eigenvalue weighted by Gasteiger charge is -2.33. The molecular formula is C25H35FN4O4S. The molecule has 0 aliphatic rings. The predicted octanol–water partition coefficient (Wildman–Crippen LogP) is 3.00. The SMILES string of the molecule is CCCNC(=O)C(C)N(Cc1ccc(F)cc1)C(=O)CN(c1cc(C)ccc1C)S(=O)(=O)N(C)C. The number of hydrogen-bond acceptors (Lipinski definition) is 4. The van der Waals surface area contributed by atoms with Crippen molar-refractivity contribution in [2.45, 2.75) is 46.7 Å². The summed E-state index contributed by atoms with van der Waals surface area (Å²) < 4.78 is 42.0. The minimum Gasteiger partial charge on any atom is -0.354 e. The van der Waals surface area contributed by atoms with Gasteiger partial charge >= 0.3 is 10.2 Å². The van der Waals surface area contributed by atoms with Gasteiger partial charge in [0.15, 0.2) is 0 Å². The van der Waals surface area contributed by atoms with Crippen LogP contribution in [-0.2, 0) is 26.3 Å². The fourth-order valence-electron chi connectivity index (χ4n) is 3.45. The Morgan fingerprint density at radius 1 is 1.06 bits per heavy atom. The normalized spacial score (nSPS) is 12.3. The third-order valence-corrected chi connectivity index (χ3v) is 7.44. The fraction of sp³-hybridized carbons (Fsp3) is 0.440. The molecule has 192 valence electrons. The Kier molecular flexibility index (Phi) is 9.79. The van der Waals surface area contributed by atoms with E-state index in [-0.39, 0.29) is 12.5 Å². The quantitative estimate of drug-likeness (QED) is 0.507. The van der Waals surface area contributed by atoms with Gasteiger partial charge < -0.3 is 10.2 Å². The topological polar surface area (TPSA) is 90.0 Å². The zero-order valence-corrected chi connectivity index (χ0v) is 22.0. The van der Waals surface area contributed by atoms with E-state index < -0.39 is 34.5 Å². The smallest absolute Gasteiger partial charge is 0.304 e. The van der Waals surface area contributed by atoms with Gasteiger partial charge in [0, 0.05) is 27.2 Å². The summed E-state index contributed by atoms with van der Waals surface area (Å²) in [4.78, 5) is 27.7. The van der Waals surface area contributed by atoms with Gasteiger partial charge in [-0.15, -0.1) is 0 Å². The molecule has 0 spiro atoms. The maximum absolute atomic E-state index is 13.6. The van der Waals surface area contributed by atoms with Crippen molar-refractivity contribution in [3.63, 3.8) is 0 Å². The first kappa shape index (κ1) is 28.3. The Labute approximate surface area is 207 Å². The Morgan fingerprint density at radius 2 is 1.69 bits per heavy atom. The minimum absolute atomic E-state index is 0.0163. The van der Waals surface area contributed by atoms with Crippen molar-refractivity contribution in [1.29, 1.82) is 0 Å². The largest absolute Gasteiger partial charge is 0.354 e. The molecule has 0 fully saturated rings. The first-order chi connectivity index (χ1) is 16.4. The van der Waals surface area contributed by atoms with Crippen LogP contribution in [0.2, 0.25) is 0 Å². The molecule has 2 aromatic carbocycles. The molecule has 35 heavy (non-hydrogen) atoms. The fourth-order valence-corrected chi connectivity index (χ4v) is 4.57. The number of nitrogens with one attached hydrogen (secondary N) is 1. The molecule has 0 bridgehead atoms. The molecule has 0 saturated carbocycles. The lowest BCUT2D eigenvalue weighted by molar-refractivity contribution is -0.139. The minimum atomic E-state index is -4.03. The van der Waals surface area contributed by atoms with Crippen LogP contribution in [0.5, 0.6) is 0 Å². The molecule has 2 amide bonds. The Morgan fingerprint density at radius 3 is 2.26 bits per heavy atom. The molecule has 1 atom stereocenters. The molecule has 2 aromatic rings. The molecule has 2 rings (SSSR count). The van der Waals surface area contributed by atoms with Gasteiger partial charge in [-0.2, -0.15) is 12.7 Å². The molecule has 1 unspecified atom stereocenters. The van der Waals surface area contributed by atoms with E-state index in [9.17, 15) is 22.4 Å². The Bertz CT molecular complexity index is 1140. The summed E-state index contributed by atoms with van der Waals surface area (Å²) in [5.74, 6) is -1.32. The van der Waals surface area contributed by atoms with Crippen LogP contribution in [-0.4, -0.2) is 62.7 Å². The lowest BCUT2D eigenvalue weighted by Crippen LogP contribution is -2.52. The van der Waals surface area contributed by atoms with Crippen LogP contribution in [0.25, 0.3) is 0 Å². The van der Waals surface area contributed by atoms with Gasteiger partial charge in [-0.3, -0.25) is 9.59 Å². The highest BCUT2D eigenvalue weighted by atomic mass is 32.2. The number of carbonyl (C=O) groups is 2. The first-order valence-corrected chi connectivity index (χ1v) is 12.9. The van der Waals surface area contributed by atoms with Crippen LogP contribution >= 0.6 is 0 Å². The second-order valence-corrected chi connectivity index (χ2v) is 10.8. The van der Waals surface area contributed by atoms with Gasteiger partial charge in [0.05, 0.1) is 5.69 Å². The highest BCUT2D eigenvalue weighted by molar-refractivity contribution is 7.90. The standard InChI is InChI=1S/C25H35FN4O4S/c1-7-14-27-25(32)20(4)29(16-21-10-12-22(26)13-11-21)24(31)17-30(35(33,34)28(5)6)23-15-18(2)8-9-19(23)3/h8-13,15,20H,7,14,16-17H2,1-6H3,(H,27,32). The highest BCUT2D eigenvalue weighted by Gasteiger charge is 2.33. The van der Waals surface area contributed by atoms with Gasteiger partial charge in [0.1, 0.15) is 18.4 Å². The van der Waals surface area contributed by atoms with E-state index in [4.69, 9.17) is 0 Å². The second kappa shape index (κ2) is 12.1. The predicted molar refractivity (Wildman–Crippen MR) is 136 cm³/mol. The molecule has 0 aliphatic heterocycles. The number of anilines is 1. The summed E-state index contributed by atoms with van der Waals surface area (Å²) in [7, 11) is -1.23. The monoisotopic (exact) mass is 506 g/mol. The van der Waals surface area contributed by atoms with Crippen LogP contribution in [0.3, 0.4) is 0 Å². The Balaban J connectivity index is 2.48. The number of rotatable bonds is 11. The van der Waals surface area contributed by atoms with E-state index in [0.717, 1.165) is 20.6 Å². The molecule has 1 N–H and O–H groups in total. The van der Waals surface area contributed by atoms with Gasteiger partial charge in [0.2, 0.25) is 11.8 Å². The zero-order valence-electron chi connectivity index (χ0n) is 21.2. The van der Waals surface area contributed by atoms with E-state index in [1.165, 1.54) is 43.3 Å². The van der Waals surface area contributed by atoms with Crippen LogP contribution < -0.4 is 9.62 Å². The number of halogens is 1. The molecule has 0 radical (unpaired) electrons. The van der Waals surface area contributed by atoms with Crippen LogP contribution in [0.15, 0.2) is 42.5 Å². The van der Waals surface area contributed by atoms with Gasteiger partial charge in [-0.25, -0.2) is 8.70 Å². The average Bonchev–Trinajstić information content (AvgIpc) is 2.81. The molecule has 0 heterocycles. The summed E-state index contributed by atoms with van der Waals surface area (Å²) in [5, 5.41) is 2.78. The van der Waals surface area contributed by atoms with Gasteiger partial charge in [0.25, 0.3) is 0 Å². The van der Waals surface area contributed by atoms with E-state index >= 15 is 0 Å². The highest BCUT2D eigenvalue weighted by Crippen LogP contribution is 2.26. The summed E-state index contributed by atoms with van der Waals surface area (Å²) in [6.45, 7) is 7.08. The molecule has 0 saturated heterocycles. The number of benzene rings is 2. The van der Waals surface area contributed by atoms with Crippen molar-refractivity contribution in [2.24, 2.45) is 0 Å². The summed E-state index contributed by atoms with van der Waals surface area (Å²) in [6, 6.07) is 10.1. The van der Waals surface area contributed by atoms with Crippen LogP contribution in [0, 0.1) is 19.7 Å². The maximum Gasteiger partial charge on any atom is 0.304 e. The summed E-state index contributed by atoms with van der Waals surface area (Å²) >= 11 is 0. The molecule has 8 nitrogen and oxygen atoms in total. The van der Waals surface area contributed by atoms with Crippen LogP contribution in [0.4, 0.5) is 10.1 Å². The lowest BCUT2D eigenvalue weighted by atomic mass is 10.1. The third-order valence-electron chi connectivity index (χ3n) is 5.63.